The summed E-state index contributed by atoms with van der Waals surface area (Å²) in [6.45, 7) is 7.15. The molecule has 128 valence electrons. The summed E-state index contributed by atoms with van der Waals surface area (Å²) in [7, 11) is 1.72. The van der Waals surface area contributed by atoms with Crippen LogP contribution in [0.4, 0.5) is 4.79 Å². The molecule has 1 heterocycles. The Morgan fingerprint density at radius 2 is 1.96 bits per heavy atom. The third-order valence-corrected chi connectivity index (χ3v) is 5.07. The van der Waals surface area contributed by atoms with E-state index in [0.717, 1.165) is 6.42 Å². The van der Waals surface area contributed by atoms with Crippen molar-refractivity contribution >= 4 is 6.03 Å². The predicted octanol–water partition coefficient (Wildman–Crippen LogP) is 2.89. The van der Waals surface area contributed by atoms with Crippen LogP contribution in [0.2, 0.25) is 0 Å². The smallest absolute Gasteiger partial charge is 0.317 e. The highest BCUT2D eigenvalue weighted by Crippen LogP contribution is 2.63. The van der Waals surface area contributed by atoms with Crippen LogP contribution in [-0.2, 0) is 12.0 Å². The van der Waals surface area contributed by atoms with Crippen LogP contribution in [0.5, 0.6) is 0 Å². The number of benzene rings is 1. The molecular formula is C18H24N4O2. The molecule has 1 saturated carbocycles. The molecule has 0 saturated heterocycles. The fraction of sp³-hybridized carbons (Fsp3) is 0.500. The molecule has 0 radical (unpaired) electrons. The standard InChI is InChI=1S/C18H24N4O2/c1-13-20-21-15(24-13)10-22(4)16(23)19-12-18(11-17(18,2)3)14-8-6-5-7-9-14/h5-9H,10-12H2,1-4H3,(H,19,23)/t18-/m0/s1. The molecule has 2 aromatic rings. The van der Waals surface area contributed by atoms with E-state index in [1.54, 1.807) is 18.9 Å². The van der Waals surface area contributed by atoms with Crippen LogP contribution in [0.3, 0.4) is 0 Å². The summed E-state index contributed by atoms with van der Waals surface area (Å²) in [5.74, 6) is 0.941. The van der Waals surface area contributed by atoms with Gasteiger partial charge in [0.15, 0.2) is 0 Å². The Kier molecular flexibility index (Phi) is 4.07. The first kappa shape index (κ1) is 16.5. The largest absolute Gasteiger partial charge is 0.424 e. The maximum Gasteiger partial charge on any atom is 0.317 e. The molecule has 6 heteroatoms. The fourth-order valence-electron chi connectivity index (χ4n) is 3.40. The maximum absolute atomic E-state index is 12.4. The van der Waals surface area contributed by atoms with Gasteiger partial charge in [-0.15, -0.1) is 10.2 Å². The van der Waals surface area contributed by atoms with E-state index in [1.165, 1.54) is 5.56 Å². The number of carbonyl (C=O) groups is 1. The Balaban J connectivity index is 1.62. The first-order chi connectivity index (χ1) is 11.3. The Morgan fingerprint density at radius 3 is 2.50 bits per heavy atom. The number of urea groups is 1. The Morgan fingerprint density at radius 1 is 1.29 bits per heavy atom. The summed E-state index contributed by atoms with van der Waals surface area (Å²) in [6.07, 6.45) is 1.07. The number of rotatable bonds is 5. The zero-order valence-corrected chi connectivity index (χ0v) is 14.7. The second-order valence-corrected chi connectivity index (χ2v) is 7.24. The highest BCUT2D eigenvalue weighted by molar-refractivity contribution is 5.74. The van der Waals surface area contributed by atoms with Gasteiger partial charge in [0.1, 0.15) is 6.54 Å². The number of nitrogens with zero attached hydrogens (tertiary/aromatic N) is 3. The van der Waals surface area contributed by atoms with Crippen molar-refractivity contribution in [1.82, 2.24) is 20.4 Å². The van der Waals surface area contributed by atoms with Gasteiger partial charge in [0.25, 0.3) is 0 Å². The molecule has 1 fully saturated rings. The molecule has 0 aliphatic heterocycles. The van der Waals surface area contributed by atoms with Crippen molar-refractivity contribution in [2.45, 2.75) is 39.2 Å². The molecule has 3 rings (SSSR count). The molecule has 0 spiro atoms. The van der Waals surface area contributed by atoms with Gasteiger partial charge in [-0.25, -0.2) is 4.79 Å². The van der Waals surface area contributed by atoms with Crippen molar-refractivity contribution in [2.24, 2.45) is 5.41 Å². The summed E-state index contributed by atoms with van der Waals surface area (Å²) >= 11 is 0. The number of carbonyl (C=O) groups excluding carboxylic acids is 1. The highest BCUT2D eigenvalue weighted by atomic mass is 16.4. The van der Waals surface area contributed by atoms with Crippen LogP contribution in [0.1, 0.15) is 37.6 Å². The topological polar surface area (TPSA) is 71.3 Å². The van der Waals surface area contributed by atoms with Crippen molar-refractivity contribution in [3.8, 4) is 0 Å². The average Bonchev–Trinajstić information content (AvgIpc) is 2.88. The monoisotopic (exact) mass is 328 g/mol. The number of amides is 2. The van der Waals surface area contributed by atoms with E-state index in [4.69, 9.17) is 4.42 Å². The van der Waals surface area contributed by atoms with Crippen molar-refractivity contribution in [2.75, 3.05) is 13.6 Å². The predicted molar refractivity (Wildman–Crippen MR) is 90.4 cm³/mol. The van der Waals surface area contributed by atoms with Gasteiger partial charge in [-0.3, -0.25) is 0 Å². The molecular weight excluding hydrogens is 304 g/mol. The average molecular weight is 328 g/mol. The normalized spacial score (nSPS) is 21.3. The second-order valence-electron chi connectivity index (χ2n) is 7.24. The van der Waals surface area contributed by atoms with Gasteiger partial charge in [-0.05, 0) is 17.4 Å². The van der Waals surface area contributed by atoms with E-state index in [1.807, 2.05) is 6.07 Å². The summed E-state index contributed by atoms with van der Waals surface area (Å²) < 4.78 is 5.32. The zero-order chi connectivity index (χ0) is 17.4. The molecule has 1 aliphatic rings. The molecule has 1 aromatic heterocycles. The molecule has 24 heavy (non-hydrogen) atoms. The van der Waals surface area contributed by atoms with E-state index in [0.29, 0.717) is 24.9 Å². The lowest BCUT2D eigenvalue weighted by Crippen LogP contribution is -2.41. The van der Waals surface area contributed by atoms with E-state index >= 15 is 0 Å². The van der Waals surface area contributed by atoms with Crippen molar-refractivity contribution < 1.29 is 9.21 Å². The summed E-state index contributed by atoms with van der Waals surface area (Å²) in [5, 5.41) is 10.8. The van der Waals surface area contributed by atoms with Crippen LogP contribution in [-0.4, -0.2) is 34.7 Å². The quantitative estimate of drug-likeness (QED) is 0.916. The third kappa shape index (κ3) is 3.00. The number of aryl methyl sites for hydroxylation is 1. The molecule has 0 bridgehead atoms. The van der Waals surface area contributed by atoms with Gasteiger partial charge < -0.3 is 14.6 Å². The minimum atomic E-state index is -0.135. The minimum Gasteiger partial charge on any atom is -0.424 e. The van der Waals surface area contributed by atoms with Crippen molar-refractivity contribution in [1.29, 1.82) is 0 Å². The highest BCUT2D eigenvalue weighted by Gasteiger charge is 2.61. The molecule has 1 aromatic carbocycles. The van der Waals surface area contributed by atoms with Crippen LogP contribution in [0.25, 0.3) is 0 Å². The van der Waals surface area contributed by atoms with E-state index < -0.39 is 0 Å². The summed E-state index contributed by atoms with van der Waals surface area (Å²) in [5.41, 5.74) is 1.47. The first-order valence-corrected chi connectivity index (χ1v) is 8.18. The minimum absolute atomic E-state index is 0.00579. The van der Waals surface area contributed by atoms with Gasteiger partial charge >= 0.3 is 6.03 Å². The molecule has 1 N–H and O–H groups in total. The molecule has 2 amide bonds. The summed E-state index contributed by atoms with van der Waals surface area (Å²) in [6, 6.07) is 10.3. The van der Waals surface area contributed by atoms with Gasteiger partial charge in [0, 0.05) is 25.9 Å². The number of aromatic nitrogens is 2. The zero-order valence-electron chi connectivity index (χ0n) is 14.7. The lowest BCUT2D eigenvalue weighted by Gasteiger charge is -2.24. The molecule has 1 atom stereocenters. The fourth-order valence-corrected chi connectivity index (χ4v) is 3.40. The third-order valence-electron chi connectivity index (χ3n) is 5.07. The number of nitrogens with one attached hydrogen (secondary N) is 1. The van der Waals surface area contributed by atoms with Crippen LogP contribution in [0, 0.1) is 12.3 Å². The van der Waals surface area contributed by atoms with Gasteiger partial charge in [-0.1, -0.05) is 44.2 Å². The lowest BCUT2D eigenvalue weighted by atomic mass is 9.88. The number of hydrogen-bond donors (Lipinski definition) is 1. The maximum atomic E-state index is 12.4. The first-order valence-electron chi connectivity index (χ1n) is 8.18. The van der Waals surface area contributed by atoms with Crippen molar-refractivity contribution in [3.05, 3.63) is 47.7 Å². The molecule has 1 aliphatic carbocycles. The van der Waals surface area contributed by atoms with E-state index in [2.05, 4.69) is 53.6 Å². The Hall–Kier alpha value is -2.37. The van der Waals surface area contributed by atoms with Crippen LogP contribution < -0.4 is 5.32 Å². The molecule has 0 unspecified atom stereocenters. The van der Waals surface area contributed by atoms with Gasteiger partial charge in [0.2, 0.25) is 11.8 Å². The summed E-state index contributed by atoms with van der Waals surface area (Å²) in [4.78, 5) is 14.0. The van der Waals surface area contributed by atoms with Gasteiger partial charge in [-0.2, -0.15) is 0 Å². The van der Waals surface area contributed by atoms with Crippen LogP contribution >= 0.6 is 0 Å². The van der Waals surface area contributed by atoms with Crippen molar-refractivity contribution in [3.63, 3.8) is 0 Å². The number of hydrogen-bond acceptors (Lipinski definition) is 4. The lowest BCUT2D eigenvalue weighted by molar-refractivity contribution is 0.200. The van der Waals surface area contributed by atoms with Crippen LogP contribution in [0.15, 0.2) is 34.7 Å². The Bertz CT molecular complexity index is 726. The molecule has 6 nitrogen and oxygen atoms in total. The SMILES string of the molecule is Cc1nnc(CN(C)C(=O)NC[C@]2(c3ccccc3)CC2(C)C)o1. The van der Waals surface area contributed by atoms with E-state index in [-0.39, 0.29) is 16.9 Å². The second kappa shape index (κ2) is 5.92. The van der Waals surface area contributed by atoms with Gasteiger partial charge in [0.05, 0.1) is 0 Å². The Labute approximate surface area is 142 Å². The van der Waals surface area contributed by atoms with E-state index in [9.17, 15) is 4.79 Å².